The molecule has 0 unspecified atom stereocenters. The number of aromatic nitrogens is 2. The van der Waals surface area contributed by atoms with Crippen LogP contribution in [0.1, 0.15) is 25.6 Å². The third-order valence-electron chi connectivity index (χ3n) is 3.18. The molecular formula is C17H18N2OS. The summed E-state index contributed by atoms with van der Waals surface area (Å²) in [5.41, 5.74) is 0. The van der Waals surface area contributed by atoms with Crippen LogP contribution in [0.2, 0.25) is 0 Å². The van der Waals surface area contributed by atoms with Gasteiger partial charge in [-0.1, -0.05) is 49.3 Å². The lowest BCUT2D eigenvalue weighted by atomic mass is 10.1. The molecule has 2 aromatic carbocycles. The van der Waals surface area contributed by atoms with Crippen molar-refractivity contribution in [1.82, 2.24) is 10.1 Å². The van der Waals surface area contributed by atoms with E-state index in [2.05, 4.69) is 66.5 Å². The maximum absolute atomic E-state index is 5.26. The Morgan fingerprint density at radius 2 is 1.90 bits per heavy atom. The van der Waals surface area contributed by atoms with Crippen molar-refractivity contribution in [1.29, 1.82) is 0 Å². The van der Waals surface area contributed by atoms with E-state index in [1.54, 1.807) is 11.8 Å². The number of thioether (sulfide) groups is 1. The molecule has 1 aromatic heterocycles. The smallest absolute Gasteiger partial charge is 0.226 e. The highest BCUT2D eigenvalue weighted by atomic mass is 32.2. The summed E-state index contributed by atoms with van der Waals surface area (Å²) in [4.78, 5) is 5.66. The Labute approximate surface area is 128 Å². The van der Waals surface area contributed by atoms with Crippen LogP contribution in [0.5, 0.6) is 0 Å². The Bertz CT molecular complexity index is 736. The number of rotatable bonds is 5. The third kappa shape index (κ3) is 3.64. The van der Waals surface area contributed by atoms with Gasteiger partial charge in [0, 0.05) is 11.3 Å². The molecule has 21 heavy (non-hydrogen) atoms. The quantitative estimate of drug-likeness (QED) is 0.639. The van der Waals surface area contributed by atoms with Crippen LogP contribution in [0.3, 0.4) is 0 Å². The van der Waals surface area contributed by atoms with Gasteiger partial charge in [-0.2, -0.15) is 4.98 Å². The molecule has 0 saturated heterocycles. The fourth-order valence-corrected chi connectivity index (χ4v) is 2.97. The van der Waals surface area contributed by atoms with Crippen molar-refractivity contribution in [3.05, 3.63) is 54.2 Å². The van der Waals surface area contributed by atoms with Crippen molar-refractivity contribution in [2.45, 2.75) is 30.9 Å². The Hall–Kier alpha value is -1.81. The molecule has 0 atom stereocenters. The largest absolute Gasteiger partial charge is 0.339 e. The molecule has 0 aliphatic carbocycles. The monoisotopic (exact) mass is 298 g/mol. The summed E-state index contributed by atoms with van der Waals surface area (Å²) in [5.74, 6) is 2.77. The second-order valence-electron chi connectivity index (χ2n) is 5.50. The van der Waals surface area contributed by atoms with E-state index in [4.69, 9.17) is 4.52 Å². The summed E-state index contributed by atoms with van der Waals surface area (Å²) in [7, 11) is 0. The normalized spacial score (nSPS) is 11.4. The van der Waals surface area contributed by atoms with Gasteiger partial charge in [0.2, 0.25) is 5.89 Å². The van der Waals surface area contributed by atoms with Crippen LogP contribution in [0.4, 0.5) is 0 Å². The lowest BCUT2D eigenvalue weighted by Gasteiger charge is -2.01. The summed E-state index contributed by atoms with van der Waals surface area (Å²) in [6.07, 6.45) is 0.841. The van der Waals surface area contributed by atoms with Gasteiger partial charge in [-0.15, -0.1) is 11.8 Å². The molecule has 3 aromatic rings. The topological polar surface area (TPSA) is 38.9 Å². The van der Waals surface area contributed by atoms with Crippen molar-refractivity contribution in [2.24, 2.45) is 5.92 Å². The van der Waals surface area contributed by atoms with E-state index in [1.165, 1.54) is 15.7 Å². The summed E-state index contributed by atoms with van der Waals surface area (Å²) in [6.45, 7) is 4.29. The molecule has 108 valence electrons. The fourth-order valence-electron chi connectivity index (χ4n) is 2.19. The zero-order valence-electron chi connectivity index (χ0n) is 12.2. The lowest BCUT2D eigenvalue weighted by Crippen LogP contribution is -1.94. The van der Waals surface area contributed by atoms with Crippen molar-refractivity contribution < 1.29 is 4.52 Å². The third-order valence-corrected chi connectivity index (χ3v) is 4.17. The second kappa shape index (κ2) is 6.31. The van der Waals surface area contributed by atoms with Gasteiger partial charge in [0.25, 0.3) is 0 Å². The zero-order valence-corrected chi connectivity index (χ0v) is 13.1. The molecule has 0 spiro atoms. The Balaban J connectivity index is 1.67. The Morgan fingerprint density at radius 1 is 1.10 bits per heavy atom. The average molecular weight is 298 g/mol. The first kappa shape index (κ1) is 14.1. The van der Waals surface area contributed by atoms with Gasteiger partial charge in [0.05, 0.1) is 5.75 Å². The zero-order chi connectivity index (χ0) is 14.7. The van der Waals surface area contributed by atoms with E-state index in [-0.39, 0.29) is 0 Å². The first-order valence-corrected chi connectivity index (χ1v) is 8.12. The minimum absolute atomic E-state index is 0.534. The van der Waals surface area contributed by atoms with Crippen molar-refractivity contribution in [3.63, 3.8) is 0 Å². The highest BCUT2D eigenvalue weighted by Crippen LogP contribution is 2.25. The van der Waals surface area contributed by atoms with Crippen LogP contribution in [0.15, 0.2) is 51.9 Å². The first-order valence-electron chi connectivity index (χ1n) is 7.14. The maximum Gasteiger partial charge on any atom is 0.226 e. The average Bonchev–Trinajstić information content (AvgIpc) is 2.91. The summed E-state index contributed by atoms with van der Waals surface area (Å²) in [6, 6.07) is 14.9. The Morgan fingerprint density at radius 3 is 2.71 bits per heavy atom. The van der Waals surface area contributed by atoms with E-state index in [1.807, 2.05) is 0 Å². The predicted molar refractivity (Wildman–Crippen MR) is 86.3 cm³/mol. The molecule has 0 saturated carbocycles. The number of hydrogen-bond acceptors (Lipinski definition) is 4. The van der Waals surface area contributed by atoms with Crippen LogP contribution < -0.4 is 0 Å². The van der Waals surface area contributed by atoms with E-state index in [0.29, 0.717) is 5.92 Å². The number of benzene rings is 2. The van der Waals surface area contributed by atoms with Gasteiger partial charge in [0.15, 0.2) is 5.82 Å². The highest BCUT2D eigenvalue weighted by molar-refractivity contribution is 7.98. The van der Waals surface area contributed by atoms with Crippen LogP contribution in [-0.4, -0.2) is 10.1 Å². The van der Waals surface area contributed by atoms with Crippen molar-refractivity contribution in [3.8, 4) is 0 Å². The molecule has 0 bridgehead atoms. The lowest BCUT2D eigenvalue weighted by molar-refractivity contribution is 0.360. The molecule has 0 N–H and O–H groups in total. The van der Waals surface area contributed by atoms with E-state index in [0.717, 1.165) is 23.9 Å². The Kier molecular flexibility index (Phi) is 4.25. The van der Waals surface area contributed by atoms with E-state index in [9.17, 15) is 0 Å². The van der Waals surface area contributed by atoms with Crippen LogP contribution in [0.25, 0.3) is 10.8 Å². The predicted octanol–water partition coefficient (Wildman–Crippen LogP) is 4.71. The number of hydrogen-bond donors (Lipinski definition) is 0. The van der Waals surface area contributed by atoms with E-state index >= 15 is 0 Å². The van der Waals surface area contributed by atoms with E-state index < -0.39 is 0 Å². The molecule has 0 radical (unpaired) electrons. The molecule has 0 fully saturated rings. The van der Waals surface area contributed by atoms with Gasteiger partial charge in [-0.25, -0.2) is 0 Å². The highest BCUT2D eigenvalue weighted by Gasteiger charge is 2.08. The first-order chi connectivity index (χ1) is 10.2. The molecule has 0 aliphatic rings. The van der Waals surface area contributed by atoms with Crippen molar-refractivity contribution in [2.75, 3.05) is 0 Å². The summed E-state index contributed by atoms with van der Waals surface area (Å²) < 4.78 is 5.26. The van der Waals surface area contributed by atoms with Gasteiger partial charge in [0.1, 0.15) is 0 Å². The SMILES string of the molecule is CC(C)Cc1nc(CSc2ccc3ccccc3c2)no1. The van der Waals surface area contributed by atoms with Crippen LogP contribution >= 0.6 is 11.8 Å². The molecule has 3 rings (SSSR count). The molecule has 0 aliphatic heterocycles. The molecular weight excluding hydrogens is 280 g/mol. The maximum atomic E-state index is 5.26. The molecule has 4 heteroatoms. The molecule has 1 heterocycles. The van der Waals surface area contributed by atoms with Crippen LogP contribution in [0, 0.1) is 5.92 Å². The van der Waals surface area contributed by atoms with Gasteiger partial charge in [-0.3, -0.25) is 0 Å². The van der Waals surface area contributed by atoms with Gasteiger partial charge in [-0.05, 0) is 28.8 Å². The summed E-state index contributed by atoms with van der Waals surface area (Å²) in [5, 5.41) is 6.56. The fraction of sp³-hybridized carbons (Fsp3) is 0.294. The van der Waals surface area contributed by atoms with Crippen LogP contribution in [-0.2, 0) is 12.2 Å². The minimum Gasteiger partial charge on any atom is -0.339 e. The van der Waals surface area contributed by atoms with Crippen molar-refractivity contribution >= 4 is 22.5 Å². The molecule has 3 nitrogen and oxygen atoms in total. The molecule has 0 amide bonds. The number of fused-ring (bicyclic) bond motifs is 1. The standard InChI is InChI=1S/C17H18N2OS/c1-12(2)9-17-18-16(19-20-17)11-21-15-8-7-13-5-3-4-6-14(13)10-15/h3-8,10,12H,9,11H2,1-2H3. The minimum atomic E-state index is 0.534. The second-order valence-corrected chi connectivity index (χ2v) is 6.55. The number of nitrogens with zero attached hydrogens (tertiary/aromatic N) is 2. The summed E-state index contributed by atoms with van der Waals surface area (Å²) >= 11 is 1.74. The van der Waals surface area contributed by atoms with Gasteiger partial charge >= 0.3 is 0 Å². The van der Waals surface area contributed by atoms with Gasteiger partial charge < -0.3 is 4.52 Å².